The minimum atomic E-state index is -1.09. The molecule has 1 saturated heterocycles. The van der Waals surface area contributed by atoms with E-state index in [0.717, 1.165) is 51.3 Å². The third-order valence-corrected chi connectivity index (χ3v) is 5.67. The van der Waals surface area contributed by atoms with Gasteiger partial charge in [0.2, 0.25) is 0 Å². The highest BCUT2D eigenvalue weighted by atomic mass is 19.2. The quantitative estimate of drug-likeness (QED) is 0.546. The Morgan fingerprint density at radius 2 is 1.88 bits per heavy atom. The Hall–Kier alpha value is -3.24. The summed E-state index contributed by atoms with van der Waals surface area (Å²) in [5.41, 5.74) is 1.28. The molecule has 0 radical (unpaired) electrons. The lowest BCUT2D eigenvalue weighted by atomic mass is 10.2. The Balaban J connectivity index is 1.31. The van der Waals surface area contributed by atoms with Crippen LogP contribution in [0.1, 0.15) is 12.0 Å². The van der Waals surface area contributed by atoms with Gasteiger partial charge in [0, 0.05) is 50.5 Å². The molecule has 10 heteroatoms. The maximum absolute atomic E-state index is 13.6. The zero-order valence-corrected chi connectivity index (χ0v) is 18.4. The lowest BCUT2D eigenvalue weighted by Gasteiger charge is -2.32. The molecule has 1 N–H and O–H groups in total. The summed E-state index contributed by atoms with van der Waals surface area (Å²) in [6.45, 7) is 5.39. The maximum atomic E-state index is 13.6. The number of piperazine rings is 1. The van der Waals surface area contributed by atoms with Crippen LogP contribution in [-0.4, -0.2) is 66.8 Å². The lowest BCUT2D eigenvalue weighted by Crippen LogP contribution is -2.44. The Bertz CT molecular complexity index is 1180. The van der Waals surface area contributed by atoms with Crippen molar-refractivity contribution >= 4 is 22.9 Å². The second kappa shape index (κ2) is 10.1. The minimum Gasteiger partial charge on any atom is -0.449 e. The van der Waals surface area contributed by atoms with E-state index in [1.54, 1.807) is 24.3 Å². The van der Waals surface area contributed by atoms with Crippen LogP contribution >= 0.6 is 0 Å². The van der Waals surface area contributed by atoms with Gasteiger partial charge in [-0.2, -0.15) is 0 Å². The average Bonchev–Trinajstić information content (AvgIpc) is 3.07. The van der Waals surface area contributed by atoms with Crippen molar-refractivity contribution in [1.29, 1.82) is 0 Å². The number of ether oxygens (including phenoxy) is 1. The van der Waals surface area contributed by atoms with E-state index in [-0.39, 0.29) is 17.6 Å². The van der Waals surface area contributed by atoms with Gasteiger partial charge in [-0.1, -0.05) is 12.1 Å². The van der Waals surface area contributed by atoms with E-state index in [0.29, 0.717) is 17.9 Å². The van der Waals surface area contributed by atoms with Crippen molar-refractivity contribution in [3.05, 3.63) is 64.1 Å². The van der Waals surface area contributed by atoms with Gasteiger partial charge in [0.25, 0.3) is 0 Å². The van der Waals surface area contributed by atoms with Crippen molar-refractivity contribution in [3.63, 3.8) is 0 Å². The third kappa shape index (κ3) is 5.77. The van der Waals surface area contributed by atoms with Gasteiger partial charge in [0.15, 0.2) is 17.2 Å². The number of rotatable bonds is 7. The van der Waals surface area contributed by atoms with E-state index < -0.39 is 23.5 Å². The van der Waals surface area contributed by atoms with Crippen LogP contribution in [0.25, 0.3) is 11.1 Å². The van der Waals surface area contributed by atoms with E-state index in [1.165, 1.54) is 4.57 Å². The van der Waals surface area contributed by atoms with Crippen LogP contribution in [0.3, 0.4) is 0 Å². The van der Waals surface area contributed by atoms with Crippen LogP contribution in [0.15, 0.2) is 45.6 Å². The molecular weight excluding hydrogens is 434 g/mol. The number of fused-ring (bicyclic) bond motifs is 1. The molecule has 0 saturated carbocycles. The molecule has 0 unspecified atom stereocenters. The SMILES string of the molecule is CN1CCN(CCCOC(=O)Nc2cccc(Cn3c(=O)oc4cc(F)c(F)cc43)c2)CC1. The molecule has 0 bridgehead atoms. The van der Waals surface area contributed by atoms with E-state index in [4.69, 9.17) is 9.15 Å². The molecule has 1 aliphatic rings. The van der Waals surface area contributed by atoms with Crippen LogP contribution in [-0.2, 0) is 11.3 Å². The second-order valence-electron chi connectivity index (χ2n) is 8.15. The topological polar surface area (TPSA) is 80.0 Å². The molecule has 176 valence electrons. The van der Waals surface area contributed by atoms with Crippen LogP contribution < -0.4 is 11.1 Å². The summed E-state index contributed by atoms with van der Waals surface area (Å²) in [6, 6.07) is 8.61. The predicted octanol–water partition coefficient (Wildman–Crippen LogP) is 3.11. The van der Waals surface area contributed by atoms with Crippen LogP contribution in [0.4, 0.5) is 19.3 Å². The smallest absolute Gasteiger partial charge is 0.420 e. The van der Waals surface area contributed by atoms with Gasteiger partial charge in [-0.05, 0) is 31.2 Å². The third-order valence-electron chi connectivity index (χ3n) is 5.67. The first-order chi connectivity index (χ1) is 15.9. The van der Waals surface area contributed by atoms with E-state index in [9.17, 15) is 18.4 Å². The molecule has 1 aliphatic heterocycles. The fraction of sp³-hybridized carbons (Fsp3) is 0.391. The fourth-order valence-electron chi connectivity index (χ4n) is 3.82. The fourth-order valence-corrected chi connectivity index (χ4v) is 3.82. The second-order valence-corrected chi connectivity index (χ2v) is 8.15. The zero-order chi connectivity index (χ0) is 23.4. The summed E-state index contributed by atoms with van der Waals surface area (Å²) in [7, 11) is 2.11. The first-order valence-electron chi connectivity index (χ1n) is 10.8. The van der Waals surface area contributed by atoms with Crippen molar-refractivity contribution in [1.82, 2.24) is 14.4 Å². The number of likely N-dealkylation sites (N-methyl/N-ethyl adjacent to an activating group) is 1. The molecule has 4 rings (SSSR count). The van der Waals surface area contributed by atoms with Gasteiger partial charge in [-0.15, -0.1) is 0 Å². The molecule has 1 fully saturated rings. The number of carbonyl (C=O) groups is 1. The maximum Gasteiger partial charge on any atom is 0.420 e. The number of hydrogen-bond donors (Lipinski definition) is 1. The summed E-state index contributed by atoms with van der Waals surface area (Å²) in [5.74, 6) is -2.88. The van der Waals surface area contributed by atoms with Crippen molar-refractivity contribution < 1.29 is 22.7 Å². The van der Waals surface area contributed by atoms with Gasteiger partial charge >= 0.3 is 11.8 Å². The highest BCUT2D eigenvalue weighted by Gasteiger charge is 2.15. The molecule has 0 atom stereocenters. The van der Waals surface area contributed by atoms with Gasteiger partial charge in [-0.3, -0.25) is 9.88 Å². The predicted molar refractivity (Wildman–Crippen MR) is 119 cm³/mol. The van der Waals surface area contributed by atoms with Crippen molar-refractivity contribution in [2.24, 2.45) is 0 Å². The van der Waals surface area contributed by atoms with E-state index in [2.05, 4.69) is 22.2 Å². The molecule has 0 aliphatic carbocycles. The highest BCUT2D eigenvalue weighted by Crippen LogP contribution is 2.19. The number of aromatic nitrogens is 1. The summed E-state index contributed by atoms with van der Waals surface area (Å²) in [5, 5.41) is 2.67. The number of nitrogens with zero attached hydrogens (tertiary/aromatic N) is 3. The number of hydrogen-bond acceptors (Lipinski definition) is 6. The number of nitrogens with one attached hydrogen (secondary N) is 1. The molecule has 3 aromatic rings. The normalized spacial score (nSPS) is 15.1. The van der Waals surface area contributed by atoms with E-state index in [1.807, 2.05) is 0 Å². The van der Waals surface area contributed by atoms with Gasteiger partial charge in [-0.25, -0.2) is 18.4 Å². The van der Waals surface area contributed by atoms with Gasteiger partial charge < -0.3 is 19.0 Å². The summed E-state index contributed by atoms with van der Waals surface area (Å²) in [4.78, 5) is 28.9. The molecule has 0 spiro atoms. The average molecular weight is 460 g/mol. The summed E-state index contributed by atoms with van der Waals surface area (Å²) >= 11 is 0. The largest absolute Gasteiger partial charge is 0.449 e. The Kier molecular flexibility index (Phi) is 7.05. The molecule has 33 heavy (non-hydrogen) atoms. The summed E-state index contributed by atoms with van der Waals surface area (Å²) < 4.78 is 38.5. The minimum absolute atomic E-state index is 0.0340. The van der Waals surface area contributed by atoms with Crippen LogP contribution in [0.5, 0.6) is 0 Å². The van der Waals surface area contributed by atoms with Gasteiger partial charge in [0.05, 0.1) is 18.7 Å². The molecule has 1 amide bonds. The van der Waals surface area contributed by atoms with Crippen LogP contribution in [0.2, 0.25) is 0 Å². The number of benzene rings is 2. The number of carbonyl (C=O) groups excluding carboxylic acids is 1. The monoisotopic (exact) mass is 460 g/mol. The first kappa shape index (κ1) is 22.9. The molecule has 2 heterocycles. The van der Waals surface area contributed by atoms with Crippen molar-refractivity contribution in [3.8, 4) is 0 Å². The van der Waals surface area contributed by atoms with Crippen LogP contribution in [0, 0.1) is 11.6 Å². The molecule has 2 aromatic carbocycles. The number of oxazole rings is 1. The first-order valence-corrected chi connectivity index (χ1v) is 10.8. The molecule has 8 nitrogen and oxygen atoms in total. The number of amides is 1. The summed E-state index contributed by atoms with van der Waals surface area (Å²) in [6.07, 6.45) is 0.194. The number of halogens is 2. The Morgan fingerprint density at radius 1 is 1.12 bits per heavy atom. The van der Waals surface area contributed by atoms with Crippen molar-refractivity contribution in [2.75, 3.05) is 51.7 Å². The highest BCUT2D eigenvalue weighted by molar-refractivity contribution is 5.84. The Labute approximate surface area is 189 Å². The zero-order valence-electron chi connectivity index (χ0n) is 18.4. The Morgan fingerprint density at radius 3 is 2.67 bits per heavy atom. The standard InChI is InChI=1S/C23H26F2N4O4/c1-27-7-9-28(10-8-27)6-3-11-32-22(30)26-17-5-2-4-16(12-17)15-29-20-13-18(24)19(25)14-21(20)33-23(29)31/h2,4-5,12-14H,3,6-11,15H2,1H3,(H,26,30). The molecular formula is C23H26F2N4O4. The van der Waals surface area contributed by atoms with E-state index >= 15 is 0 Å². The number of anilines is 1. The lowest BCUT2D eigenvalue weighted by molar-refractivity contribution is 0.130. The molecule has 1 aromatic heterocycles. The van der Waals surface area contributed by atoms with Crippen molar-refractivity contribution in [2.45, 2.75) is 13.0 Å². The van der Waals surface area contributed by atoms with Gasteiger partial charge in [0.1, 0.15) is 0 Å².